The number of thiazole rings is 1. The molecule has 2 saturated heterocycles. The highest BCUT2D eigenvalue weighted by atomic mass is 32.1. The van der Waals surface area contributed by atoms with Crippen LogP contribution in [0.3, 0.4) is 0 Å². The van der Waals surface area contributed by atoms with E-state index < -0.39 is 52.2 Å². The first-order chi connectivity index (χ1) is 33.7. The smallest absolute Gasteiger partial charge is 0.417 e. The highest BCUT2D eigenvalue weighted by Crippen LogP contribution is 2.40. The average Bonchev–Trinajstić information content (AvgIpc) is 4.05. The van der Waals surface area contributed by atoms with Crippen LogP contribution in [0.25, 0.3) is 10.4 Å². The molecular formula is C52H54F3N7O7S2. The van der Waals surface area contributed by atoms with Crippen molar-refractivity contribution in [2.75, 3.05) is 42.8 Å². The zero-order valence-corrected chi connectivity index (χ0v) is 41.7. The van der Waals surface area contributed by atoms with Gasteiger partial charge in [-0.25, -0.2) is 4.98 Å². The number of hydrogen-bond acceptors (Lipinski definition) is 11. The summed E-state index contributed by atoms with van der Waals surface area (Å²) in [5.74, 6) is -0.849. The lowest BCUT2D eigenvalue weighted by molar-refractivity contribution is -0.141. The van der Waals surface area contributed by atoms with Gasteiger partial charge in [0.25, 0.3) is 11.8 Å². The van der Waals surface area contributed by atoms with Crippen molar-refractivity contribution in [3.05, 3.63) is 124 Å². The summed E-state index contributed by atoms with van der Waals surface area (Å²) in [6, 6.07) is 24.3. The highest BCUT2D eigenvalue weighted by Gasteiger charge is 2.51. The van der Waals surface area contributed by atoms with Gasteiger partial charge in [-0.3, -0.25) is 24.1 Å². The number of nitriles is 1. The number of nitrogens with one attached hydrogen (secondary N) is 2. The van der Waals surface area contributed by atoms with Crippen LogP contribution in [-0.4, -0.2) is 89.2 Å². The Morgan fingerprint density at radius 2 is 1.62 bits per heavy atom. The molecule has 4 aromatic carbocycles. The molecule has 2 atom stereocenters. The van der Waals surface area contributed by atoms with E-state index in [-0.39, 0.29) is 54.6 Å². The van der Waals surface area contributed by atoms with Gasteiger partial charge < -0.3 is 34.6 Å². The molecule has 0 spiro atoms. The van der Waals surface area contributed by atoms with Crippen LogP contribution < -0.4 is 29.9 Å². The molecular weight excluding hydrogens is 956 g/mol. The van der Waals surface area contributed by atoms with Gasteiger partial charge in [0.1, 0.15) is 42.3 Å². The minimum Gasteiger partial charge on any atom is -0.491 e. The van der Waals surface area contributed by atoms with Crippen molar-refractivity contribution in [3.8, 4) is 28.0 Å². The van der Waals surface area contributed by atoms with Crippen LogP contribution in [0.1, 0.15) is 80.2 Å². The molecule has 14 nitrogen and oxygen atoms in total. The molecule has 1 unspecified atom stereocenters. The van der Waals surface area contributed by atoms with E-state index in [9.17, 15) is 37.6 Å². The van der Waals surface area contributed by atoms with E-state index in [0.717, 1.165) is 38.7 Å². The van der Waals surface area contributed by atoms with Crippen LogP contribution in [0.2, 0.25) is 0 Å². The first kappa shape index (κ1) is 52.0. The van der Waals surface area contributed by atoms with E-state index in [2.05, 4.69) is 15.6 Å². The maximum Gasteiger partial charge on any atom is 0.417 e. The predicted octanol–water partition coefficient (Wildman–Crippen LogP) is 8.85. The molecule has 0 saturated carbocycles. The highest BCUT2D eigenvalue weighted by molar-refractivity contribution is 7.81. The molecule has 2 fully saturated rings. The second kappa shape index (κ2) is 21.6. The van der Waals surface area contributed by atoms with Crippen LogP contribution in [0, 0.1) is 23.7 Å². The number of ether oxygens (including phenoxy) is 3. The Morgan fingerprint density at radius 1 is 0.944 bits per heavy atom. The van der Waals surface area contributed by atoms with Crippen molar-refractivity contribution >= 4 is 63.7 Å². The summed E-state index contributed by atoms with van der Waals surface area (Å²) in [6.07, 6.45) is -3.66. The summed E-state index contributed by atoms with van der Waals surface area (Å²) in [5.41, 5.74) is 1.71. The molecule has 0 aliphatic carbocycles. The number of rotatable bonds is 17. The van der Waals surface area contributed by atoms with Crippen LogP contribution in [0.5, 0.6) is 11.5 Å². The van der Waals surface area contributed by atoms with Gasteiger partial charge >= 0.3 is 6.18 Å². The second-order valence-corrected chi connectivity index (χ2v) is 19.8. The fraction of sp³-hybridized carbons (Fsp3) is 0.365. The molecule has 3 heterocycles. The van der Waals surface area contributed by atoms with Crippen molar-refractivity contribution in [3.63, 3.8) is 0 Å². The third-order valence-electron chi connectivity index (χ3n) is 12.2. The maximum atomic E-state index is 14.2. The minimum atomic E-state index is -4.81. The van der Waals surface area contributed by atoms with Crippen LogP contribution in [0.4, 0.5) is 24.5 Å². The van der Waals surface area contributed by atoms with E-state index in [0.29, 0.717) is 43.1 Å². The van der Waals surface area contributed by atoms with E-state index in [1.165, 1.54) is 6.07 Å². The normalized spacial score (nSPS) is 16.2. The van der Waals surface area contributed by atoms with Crippen LogP contribution in [-0.2, 0) is 31.8 Å². The van der Waals surface area contributed by atoms with Gasteiger partial charge in [0.2, 0.25) is 11.8 Å². The van der Waals surface area contributed by atoms with Crippen molar-refractivity contribution in [2.24, 2.45) is 5.41 Å². The SMILES string of the molecule is Cc1ncsc1-c1ccc(CNC(=O)[C@@H]2CCCN2C(=O)C(NC(=O)c2ccccc2OCCOCCOc2ccc(N3C(=S)N(c4ccc(C#N)c(C(F)(F)F)c4)C(=O)C3(C)C)cc2)C(C)(C)C)cc1. The lowest BCUT2D eigenvalue weighted by atomic mass is 9.85. The zero-order chi connectivity index (χ0) is 51.3. The Labute approximate surface area is 419 Å². The van der Waals surface area contributed by atoms with Crippen molar-refractivity contribution in [2.45, 2.75) is 84.7 Å². The Kier molecular flexibility index (Phi) is 15.8. The molecule has 7 rings (SSSR count). The Bertz CT molecular complexity index is 2820. The number of carbonyl (C=O) groups excluding carboxylic acids is 4. The molecule has 0 bridgehead atoms. The summed E-state index contributed by atoms with van der Waals surface area (Å²) < 4.78 is 58.8. The van der Waals surface area contributed by atoms with Gasteiger partial charge in [0.05, 0.1) is 57.7 Å². The third kappa shape index (κ3) is 11.7. The summed E-state index contributed by atoms with van der Waals surface area (Å²) in [5, 5.41) is 15.1. The number of anilines is 2. The first-order valence-electron chi connectivity index (χ1n) is 22.9. The number of benzene rings is 4. The maximum absolute atomic E-state index is 14.2. The molecule has 2 N–H and O–H groups in total. The Morgan fingerprint density at radius 3 is 2.27 bits per heavy atom. The molecule has 71 heavy (non-hydrogen) atoms. The van der Waals surface area contributed by atoms with E-state index in [4.69, 9.17) is 26.4 Å². The van der Waals surface area contributed by atoms with Gasteiger partial charge in [-0.15, -0.1) is 11.3 Å². The lowest BCUT2D eigenvalue weighted by Crippen LogP contribution is -2.57. The Balaban J connectivity index is 0.875. The van der Waals surface area contributed by atoms with Crippen LogP contribution in [0.15, 0.2) is 96.5 Å². The standard InChI is InChI=1S/C52H54F3N7O7S2/c1-32-43(71-31-58-32)34-15-13-33(14-16-34)30-57-46(64)41-11-9-23-60(41)47(65)44(50(2,3)4)59-45(63)39-10-7-8-12-42(39)69-27-25-67-24-26-68-38-21-19-36(20-22-38)62-49(70)61(48(66)51(62,5)6)37-18-17-35(29-56)40(28-37)52(53,54)55/h7-8,10,12-22,28,31,41,44H,9,11,23-27,30H2,1-6H3,(H,57,64)(H,59,63)/t41-,44?/m0/s1. The molecule has 19 heteroatoms. The summed E-state index contributed by atoms with van der Waals surface area (Å²) in [4.78, 5) is 64.8. The topological polar surface area (TPSA) is 166 Å². The molecule has 4 amide bonds. The van der Waals surface area contributed by atoms with Gasteiger partial charge in [0.15, 0.2) is 5.11 Å². The van der Waals surface area contributed by atoms with Gasteiger partial charge in [-0.2, -0.15) is 18.4 Å². The molecule has 2 aliphatic heterocycles. The number of carbonyl (C=O) groups is 4. The largest absolute Gasteiger partial charge is 0.491 e. The fourth-order valence-corrected chi connectivity index (χ4v) is 9.78. The van der Waals surface area contributed by atoms with Gasteiger partial charge in [-0.05, 0) is 117 Å². The monoisotopic (exact) mass is 1010 g/mol. The van der Waals surface area contributed by atoms with Crippen molar-refractivity contribution < 1.29 is 46.6 Å². The average molecular weight is 1010 g/mol. The van der Waals surface area contributed by atoms with Crippen molar-refractivity contribution in [1.29, 1.82) is 5.26 Å². The number of alkyl halides is 3. The molecule has 0 radical (unpaired) electrons. The van der Waals surface area contributed by atoms with Gasteiger partial charge in [-0.1, -0.05) is 57.2 Å². The number of nitrogens with zero attached hydrogens (tertiary/aromatic N) is 5. The fourth-order valence-electron chi connectivity index (χ4n) is 8.45. The number of thiocarbonyl (C=S) groups is 1. The Hall–Kier alpha value is -6.88. The summed E-state index contributed by atoms with van der Waals surface area (Å²) >= 11 is 7.21. The van der Waals surface area contributed by atoms with Crippen LogP contribution >= 0.6 is 23.6 Å². The van der Waals surface area contributed by atoms with E-state index in [1.807, 2.05) is 57.5 Å². The quantitative estimate of drug-likeness (QED) is 0.0675. The molecule has 1 aromatic heterocycles. The first-order valence-corrected chi connectivity index (χ1v) is 24.2. The summed E-state index contributed by atoms with van der Waals surface area (Å²) in [6.45, 7) is 12.1. The number of aromatic nitrogens is 1. The predicted molar refractivity (Wildman–Crippen MR) is 267 cm³/mol. The number of aryl methyl sites for hydroxylation is 1. The van der Waals surface area contributed by atoms with Gasteiger partial charge in [0, 0.05) is 18.8 Å². The second-order valence-electron chi connectivity index (χ2n) is 18.6. The number of likely N-dealkylation sites (tertiary alicyclic amines) is 1. The number of hydrogen-bond donors (Lipinski definition) is 2. The minimum absolute atomic E-state index is 0.0271. The van der Waals surface area contributed by atoms with E-state index >= 15 is 0 Å². The summed E-state index contributed by atoms with van der Waals surface area (Å²) in [7, 11) is 0. The number of halogens is 3. The molecule has 5 aromatic rings. The zero-order valence-electron chi connectivity index (χ0n) is 40.1. The number of para-hydroxylation sites is 1. The molecule has 372 valence electrons. The third-order valence-corrected chi connectivity index (χ3v) is 13.6. The lowest BCUT2D eigenvalue weighted by Gasteiger charge is -2.35. The number of amides is 4. The van der Waals surface area contributed by atoms with E-state index in [1.54, 1.807) is 89.6 Å². The van der Waals surface area contributed by atoms with Crippen molar-refractivity contribution in [1.82, 2.24) is 20.5 Å². The molecule has 2 aliphatic rings.